The van der Waals surface area contributed by atoms with Crippen LogP contribution in [0.15, 0.2) is 22.7 Å². The van der Waals surface area contributed by atoms with Crippen molar-refractivity contribution in [3.8, 4) is 5.75 Å². The minimum atomic E-state index is 0.673. The molecule has 0 saturated carbocycles. The number of benzene rings is 1. The quantitative estimate of drug-likeness (QED) is 0.888. The predicted octanol–water partition coefficient (Wildman–Crippen LogP) is 3.20. The van der Waals surface area contributed by atoms with Gasteiger partial charge in [0.1, 0.15) is 5.75 Å². The predicted molar refractivity (Wildman–Crippen MR) is 67.2 cm³/mol. The van der Waals surface area contributed by atoms with E-state index in [0.29, 0.717) is 5.92 Å². The molecule has 3 heteroatoms. The van der Waals surface area contributed by atoms with Crippen LogP contribution >= 0.6 is 15.9 Å². The molecule has 0 aromatic heterocycles. The highest BCUT2D eigenvalue weighted by molar-refractivity contribution is 9.10. The molecule has 1 rings (SSSR count). The van der Waals surface area contributed by atoms with Gasteiger partial charge >= 0.3 is 0 Å². The van der Waals surface area contributed by atoms with E-state index in [1.807, 2.05) is 12.1 Å². The zero-order valence-corrected chi connectivity index (χ0v) is 11.1. The summed E-state index contributed by atoms with van der Waals surface area (Å²) in [6.45, 7) is 6.28. The lowest BCUT2D eigenvalue weighted by Crippen LogP contribution is -2.19. The van der Waals surface area contributed by atoms with Crippen LogP contribution in [0.25, 0.3) is 0 Å². The van der Waals surface area contributed by atoms with Gasteiger partial charge in [0.2, 0.25) is 0 Å². The molecule has 0 unspecified atom stereocenters. The third-order valence-electron chi connectivity index (χ3n) is 2.12. The van der Waals surface area contributed by atoms with E-state index in [-0.39, 0.29) is 0 Å². The molecular weight excluding hydrogens is 254 g/mol. The van der Waals surface area contributed by atoms with Gasteiger partial charge in [-0.15, -0.1) is 0 Å². The van der Waals surface area contributed by atoms with E-state index >= 15 is 0 Å². The average molecular weight is 272 g/mol. The average Bonchev–Trinajstić information content (AvgIpc) is 2.19. The third kappa shape index (κ3) is 4.22. The molecule has 0 bridgehead atoms. The lowest BCUT2D eigenvalue weighted by Gasteiger charge is -2.11. The van der Waals surface area contributed by atoms with Crippen molar-refractivity contribution >= 4 is 15.9 Å². The number of hydrogen-bond donors (Lipinski definition) is 1. The molecule has 15 heavy (non-hydrogen) atoms. The lowest BCUT2D eigenvalue weighted by atomic mass is 10.2. The Morgan fingerprint density at radius 3 is 2.73 bits per heavy atom. The van der Waals surface area contributed by atoms with Crippen molar-refractivity contribution in [2.45, 2.75) is 20.4 Å². The van der Waals surface area contributed by atoms with E-state index in [0.717, 1.165) is 23.3 Å². The minimum Gasteiger partial charge on any atom is -0.496 e. The van der Waals surface area contributed by atoms with Crippen LogP contribution in [-0.4, -0.2) is 13.7 Å². The second kappa shape index (κ2) is 6.13. The topological polar surface area (TPSA) is 21.3 Å². The summed E-state index contributed by atoms with van der Waals surface area (Å²) in [5.74, 6) is 1.60. The Morgan fingerprint density at radius 1 is 1.40 bits per heavy atom. The van der Waals surface area contributed by atoms with Crippen LogP contribution in [0.3, 0.4) is 0 Å². The second-order valence-corrected chi connectivity index (χ2v) is 4.90. The number of rotatable bonds is 5. The number of ether oxygens (including phenoxy) is 1. The number of nitrogens with one attached hydrogen (secondary N) is 1. The van der Waals surface area contributed by atoms with Gasteiger partial charge < -0.3 is 10.1 Å². The first-order valence-electron chi connectivity index (χ1n) is 5.16. The first kappa shape index (κ1) is 12.5. The molecule has 1 aromatic carbocycles. The Kier molecular flexibility index (Phi) is 5.12. The summed E-state index contributed by atoms with van der Waals surface area (Å²) in [6.07, 6.45) is 0. The SMILES string of the molecule is COc1cc(Br)ccc1CNCC(C)C. The highest BCUT2D eigenvalue weighted by Crippen LogP contribution is 2.23. The monoisotopic (exact) mass is 271 g/mol. The highest BCUT2D eigenvalue weighted by Gasteiger charge is 2.03. The molecule has 0 saturated heterocycles. The molecule has 2 nitrogen and oxygen atoms in total. The molecule has 1 aromatic rings. The van der Waals surface area contributed by atoms with Gasteiger partial charge in [-0.05, 0) is 24.6 Å². The summed E-state index contributed by atoms with van der Waals surface area (Å²) in [6, 6.07) is 6.11. The van der Waals surface area contributed by atoms with Crippen LogP contribution in [0, 0.1) is 5.92 Å². The molecule has 0 spiro atoms. The molecule has 0 heterocycles. The van der Waals surface area contributed by atoms with E-state index in [9.17, 15) is 0 Å². The molecule has 0 radical (unpaired) electrons. The first-order valence-corrected chi connectivity index (χ1v) is 5.96. The van der Waals surface area contributed by atoms with Crippen LogP contribution < -0.4 is 10.1 Å². The van der Waals surface area contributed by atoms with E-state index in [2.05, 4.69) is 41.2 Å². The maximum absolute atomic E-state index is 5.31. The zero-order chi connectivity index (χ0) is 11.3. The summed E-state index contributed by atoms with van der Waals surface area (Å²) in [7, 11) is 1.70. The summed E-state index contributed by atoms with van der Waals surface area (Å²) in [5.41, 5.74) is 1.20. The van der Waals surface area contributed by atoms with Crippen molar-refractivity contribution in [1.82, 2.24) is 5.32 Å². The van der Waals surface area contributed by atoms with Gasteiger partial charge in [0.25, 0.3) is 0 Å². The molecule has 0 amide bonds. The molecule has 1 N–H and O–H groups in total. The standard InChI is InChI=1S/C12H18BrNO/c1-9(2)7-14-8-10-4-5-11(13)6-12(10)15-3/h4-6,9,14H,7-8H2,1-3H3. The largest absolute Gasteiger partial charge is 0.496 e. The third-order valence-corrected chi connectivity index (χ3v) is 2.61. The van der Waals surface area contributed by atoms with Gasteiger partial charge in [-0.1, -0.05) is 35.8 Å². The highest BCUT2D eigenvalue weighted by atomic mass is 79.9. The van der Waals surface area contributed by atoms with Gasteiger partial charge in [-0.25, -0.2) is 0 Å². The fourth-order valence-electron chi connectivity index (χ4n) is 1.36. The normalized spacial score (nSPS) is 10.7. The van der Waals surface area contributed by atoms with Crippen molar-refractivity contribution < 1.29 is 4.74 Å². The van der Waals surface area contributed by atoms with Crippen LogP contribution in [0.5, 0.6) is 5.75 Å². The van der Waals surface area contributed by atoms with Crippen LogP contribution in [0.4, 0.5) is 0 Å². The Morgan fingerprint density at radius 2 is 2.13 bits per heavy atom. The van der Waals surface area contributed by atoms with Gasteiger partial charge in [0, 0.05) is 16.6 Å². The smallest absolute Gasteiger partial charge is 0.124 e. The molecule has 0 fully saturated rings. The van der Waals surface area contributed by atoms with Crippen molar-refractivity contribution in [3.63, 3.8) is 0 Å². The van der Waals surface area contributed by atoms with Crippen LogP contribution in [-0.2, 0) is 6.54 Å². The van der Waals surface area contributed by atoms with Crippen molar-refractivity contribution in [3.05, 3.63) is 28.2 Å². The maximum Gasteiger partial charge on any atom is 0.124 e. The minimum absolute atomic E-state index is 0.673. The lowest BCUT2D eigenvalue weighted by molar-refractivity contribution is 0.406. The summed E-state index contributed by atoms with van der Waals surface area (Å²) in [5, 5.41) is 3.40. The molecule has 84 valence electrons. The Labute approximate surface area is 100 Å². The molecular formula is C12H18BrNO. The molecule has 0 aliphatic carbocycles. The van der Waals surface area contributed by atoms with Gasteiger partial charge in [0.15, 0.2) is 0 Å². The molecule has 0 aliphatic heterocycles. The number of hydrogen-bond acceptors (Lipinski definition) is 2. The van der Waals surface area contributed by atoms with Crippen LogP contribution in [0.1, 0.15) is 19.4 Å². The molecule has 0 aliphatic rings. The number of methoxy groups -OCH3 is 1. The van der Waals surface area contributed by atoms with Crippen molar-refractivity contribution in [2.75, 3.05) is 13.7 Å². The van der Waals surface area contributed by atoms with Gasteiger partial charge in [0.05, 0.1) is 7.11 Å². The van der Waals surface area contributed by atoms with Crippen molar-refractivity contribution in [2.24, 2.45) is 5.92 Å². The zero-order valence-electron chi connectivity index (χ0n) is 9.51. The van der Waals surface area contributed by atoms with E-state index in [1.54, 1.807) is 7.11 Å². The van der Waals surface area contributed by atoms with E-state index in [4.69, 9.17) is 4.74 Å². The van der Waals surface area contributed by atoms with E-state index in [1.165, 1.54) is 5.56 Å². The fourth-order valence-corrected chi connectivity index (χ4v) is 1.70. The Bertz CT molecular complexity index is 312. The van der Waals surface area contributed by atoms with Crippen molar-refractivity contribution in [1.29, 1.82) is 0 Å². The summed E-state index contributed by atoms with van der Waals surface area (Å²) in [4.78, 5) is 0. The maximum atomic E-state index is 5.31. The van der Waals surface area contributed by atoms with Gasteiger partial charge in [-0.3, -0.25) is 0 Å². The fraction of sp³-hybridized carbons (Fsp3) is 0.500. The van der Waals surface area contributed by atoms with E-state index < -0.39 is 0 Å². The summed E-state index contributed by atoms with van der Waals surface area (Å²) < 4.78 is 6.36. The van der Waals surface area contributed by atoms with Gasteiger partial charge in [-0.2, -0.15) is 0 Å². The number of halogens is 1. The second-order valence-electron chi connectivity index (χ2n) is 3.98. The first-order chi connectivity index (χ1) is 7.13. The summed E-state index contributed by atoms with van der Waals surface area (Å²) >= 11 is 3.43. The Balaban J connectivity index is 2.60. The molecule has 0 atom stereocenters. The van der Waals surface area contributed by atoms with Crippen LogP contribution in [0.2, 0.25) is 0 Å². The Hall–Kier alpha value is -0.540.